The Balaban J connectivity index is 2.23. The van der Waals surface area contributed by atoms with Crippen molar-refractivity contribution < 1.29 is 4.74 Å². The molecule has 0 radical (unpaired) electrons. The number of rotatable bonds is 3. The van der Waals surface area contributed by atoms with Crippen molar-refractivity contribution in [3.05, 3.63) is 27.7 Å². The number of fused-ring (bicyclic) bond motifs is 1. The Kier molecular flexibility index (Phi) is 3.32. The molecular weight excluding hydrogens is 254 g/mol. The maximum Gasteiger partial charge on any atom is 0.137 e. The SMILES string of the molecule is CNCCc1cc(Br)c2c(c1)CC(C)O2. The Bertz CT molecular complexity index is 365. The highest BCUT2D eigenvalue weighted by molar-refractivity contribution is 9.10. The zero-order chi connectivity index (χ0) is 10.8. The van der Waals surface area contributed by atoms with Crippen molar-refractivity contribution in [3.8, 4) is 5.75 Å². The molecule has 1 atom stereocenters. The van der Waals surface area contributed by atoms with E-state index in [0.717, 1.165) is 29.6 Å². The number of hydrogen-bond acceptors (Lipinski definition) is 2. The molecule has 0 saturated carbocycles. The summed E-state index contributed by atoms with van der Waals surface area (Å²) in [6.45, 7) is 3.13. The van der Waals surface area contributed by atoms with Gasteiger partial charge in [0.2, 0.25) is 0 Å². The predicted octanol–water partition coefficient (Wildman–Crippen LogP) is 2.53. The summed E-state index contributed by atoms with van der Waals surface area (Å²) in [4.78, 5) is 0. The molecule has 0 fully saturated rings. The summed E-state index contributed by atoms with van der Waals surface area (Å²) < 4.78 is 6.83. The lowest BCUT2D eigenvalue weighted by Crippen LogP contribution is -2.10. The van der Waals surface area contributed by atoms with Gasteiger partial charge in [-0.2, -0.15) is 0 Å². The van der Waals surface area contributed by atoms with Crippen molar-refractivity contribution in [3.63, 3.8) is 0 Å². The molecule has 2 rings (SSSR count). The highest BCUT2D eigenvalue weighted by Gasteiger charge is 2.21. The van der Waals surface area contributed by atoms with Gasteiger partial charge in [-0.15, -0.1) is 0 Å². The monoisotopic (exact) mass is 269 g/mol. The first-order chi connectivity index (χ1) is 7.20. The lowest BCUT2D eigenvalue weighted by atomic mass is 10.1. The summed E-state index contributed by atoms with van der Waals surface area (Å²) in [7, 11) is 1.98. The molecule has 82 valence electrons. The third-order valence-corrected chi connectivity index (χ3v) is 3.26. The van der Waals surface area contributed by atoms with Crippen molar-refractivity contribution in [2.24, 2.45) is 0 Å². The summed E-state index contributed by atoms with van der Waals surface area (Å²) in [5.74, 6) is 1.04. The van der Waals surface area contributed by atoms with Gasteiger partial charge in [0.25, 0.3) is 0 Å². The van der Waals surface area contributed by atoms with E-state index in [2.05, 4.69) is 40.3 Å². The van der Waals surface area contributed by atoms with Crippen LogP contribution in [0.15, 0.2) is 16.6 Å². The van der Waals surface area contributed by atoms with E-state index in [1.54, 1.807) is 0 Å². The fraction of sp³-hybridized carbons (Fsp3) is 0.500. The largest absolute Gasteiger partial charge is 0.489 e. The second kappa shape index (κ2) is 4.54. The predicted molar refractivity (Wildman–Crippen MR) is 65.6 cm³/mol. The van der Waals surface area contributed by atoms with Crippen LogP contribution in [-0.2, 0) is 12.8 Å². The van der Waals surface area contributed by atoms with Gasteiger partial charge in [-0.3, -0.25) is 0 Å². The Labute approximate surface area is 99.1 Å². The third-order valence-electron chi connectivity index (χ3n) is 2.67. The molecule has 1 aromatic carbocycles. The minimum atomic E-state index is 0.316. The zero-order valence-electron chi connectivity index (χ0n) is 9.14. The molecule has 1 aromatic rings. The van der Waals surface area contributed by atoms with Crippen molar-refractivity contribution in [1.82, 2.24) is 5.32 Å². The van der Waals surface area contributed by atoms with E-state index in [0.29, 0.717) is 6.10 Å². The number of nitrogens with one attached hydrogen (secondary N) is 1. The third kappa shape index (κ3) is 2.34. The van der Waals surface area contributed by atoms with E-state index in [9.17, 15) is 0 Å². The smallest absolute Gasteiger partial charge is 0.137 e. The van der Waals surface area contributed by atoms with Crippen molar-refractivity contribution in [2.45, 2.75) is 25.9 Å². The Hall–Kier alpha value is -0.540. The van der Waals surface area contributed by atoms with Gasteiger partial charge >= 0.3 is 0 Å². The second-order valence-electron chi connectivity index (χ2n) is 4.05. The summed E-state index contributed by atoms with van der Waals surface area (Å²) in [6, 6.07) is 4.43. The summed E-state index contributed by atoms with van der Waals surface area (Å²) in [5.41, 5.74) is 2.70. The molecule has 0 bridgehead atoms. The van der Waals surface area contributed by atoms with Gasteiger partial charge in [0, 0.05) is 6.42 Å². The number of halogens is 1. The summed E-state index contributed by atoms with van der Waals surface area (Å²) in [6.07, 6.45) is 2.41. The molecule has 3 heteroatoms. The van der Waals surface area contributed by atoms with Crippen molar-refractivity contribution in [1.29, 1.82) is 0 Å². The van der Waals surface area contributed by atoms with Crippen LogP contribution >= 0.6 is 15.9 Å². The fourth-order valence-electron chi connectivity index (χ4n) is 1.96. The van der Waals surface area contributed by atoms with E-state index >= 15 is 0 Å². The Morgan fingerprint density at radius 1 is 1.53 bits per heavy atom. The number of hydrogen-bond donors (Lipinski definition) is 1. The van der Waals surface area contributed by atoms with Crippen LogP contribution in [0.3, 0.4) is 0 Å². The van der Waals surface area contributed by atoms with E-state index in [1.807, 2.05) is 7.05 Å². The van der Waals surface area contributed by atoms with Gasteiger partial charge in [-0.05, 0) is 60.1 Å². The number of likely N-dealkylation sites (N-methyl/N-ethyl adjacent to an activating group) is 1. The first-order valence-corrected chi connectivity index (χ1v) is 6.12. The lowest BCUT2D eigenvalue weighted by molar-refractivity contribution is 0.253. The first-order valence-electron chi connectivity index (χ1n) is 5.33. The van der Waals surface area contributed by atoms with Crippen LogP contribution in [0, 0.1) is 0 Å². The summed E-state index contributed by atoms with van der Waals surface area (Å²) in [5, 5.41) is 3.17. The van der Waals surface area contributed by atoms with E-state index in [4.69, 9.17) is 4.74 Å². The fourth-order valence-corrected chi connectivity index (χ4v) is 2.60. The number of benzene rings is 1. The molecule has 0 aliphatic carbocycles. The van der Waals surface area contributed by atoms with Gasteiger partial charge in [-0.25, -0.2) is 0 Å². The molecule has 0 spiro atoms. The lowest BCUT2D eigenvalue weighted by Gasteiger charge is -2.07. The minimum Gasteiger partial charge on any atom is -0.489 e. The van der Waals surface area contributed by atoms with Crippen molar-refractivity contribution >= 4 is 15.9 Å². The van der Waals surface area contributed by atoms with Crippen molar-refractivity contribution in [2.75, 3.05) is 13.6 Å². The van der Waals surface area contributed by atoms with Crippen LogP contribution in [0.2, 0.25) is 0 Å². The Morgan fingerprint density at radius 3 is 3.07 bits per heavy atom. The molecule has 1 aliphatic heterocycles. The zero-order valence-corrected chi connectivity index (χ0v) is 10.7. The van der Waals surface area contributed by atoms with Crippen LogP contribution in [0.1, 0.15) is 18.1 Å². The molecule has 0 saturated heterocycles. The molecule has 0 amide bonds. The van der Waals surface area contributed by atoms with Gasteiger partial charge in [-0.1, -0.05) is 6.07 Å². The molecule has 1 aliphatic rings. The molecular formula is C12H16BrNO. The van der Waals surface area contributed by atoms with Gasteiger partial charge in [0.15, 0.2) is 0 Å². The quantitative estimate of drug-likeness (QED) is 0.911. The average Bonchev–Trinajstić information content (AvgIpc) is 2.56. The minimum absolute atomic E-state index is 0.316. The molecule has 1 unspecified atom stereocenters. The highest BCUT2D eigenvalue weighted by atomic mass is 79.9. The van der Waals surface area contributed by atoms with Crippen LogP contribution < -0.4 is 10.1 Å². The van der Waals surface area contributed by atoms with Crippen LogP contribution in [0.5, 0.6) is 5.75 Å². The van der Waals surface area contributed by atoms with Gasteiger partial charge in [0.05, 0.1) is 4.47 Å². The maximum atomic E-state index is 5.73. The van der Waals surface area contributed by atoms with Crippen LogP contribution in [-0.4, -0.2) is 19.7 Å². The first kappa shape index (κ1) is 11.0. The second-order valence-corrected chi connectivity index (χ2v) is 4.91. The Morgan fingerprint density at radius 2 is 2.33 bits per heavy atom. The number of ether oxygens (including phenoxy) is 1. The average molecular weight is 270 g/mol. The topological polar surface area (TPSA) is 21.3 Å². The highest BCUT2D eigenvalue weighted by Crippen LogP contribution is 2.37. The maximum absolute atomic E-state index is 5.73. The molecule has 0 aromatic heterocycles. The summed E-state index contributed by atoms with van der Waals surface area (Å²) >= 11 is 3.57. The van der Waals surface area contributed by atoms with E-state index in [1.165, 1.54) is 11.1 Å². The normalized spacial score (nSPS) is 18.7. The molecule has 15 heavy (non-hydrogen) atoms. The molecule has 1 heterocycles. The molecule has 1 N–H and O–H groups in total. The van der Waals surface area contributed by atoms with Crippen LogP contribution in [0.25, 0.3) is 0 Å². The van der Waals surface area contributed by atoms with Crippen LogP contribution in [0.4, 0.5) is 0 Å². The van der Waals surface area contributed by atoms with E-state index in [-0.39, 0.29) is 0 Å². The van der Waals surface area contributed by atoms with Gasteiger partial charge in [0.1, 0.15) is 11.9 Å². The van der Waals surface area contributed by atoms with E-state index < -0.39 is 0 Å². The van der Waals surface area contributed by atoms with Gasteiger partial charge < -0.3 is 10.1 Å². The standard InChI is InChI=1S/C12H16BrNO/c1-8-5-10-6-9(3-4-14-2)7-11(13)12(10)15-8/h6-8,14H,3-5H2,1-2H3. The molecule has 2 nitrogen and oxygen atoms in total.